The Morgan fingerprint density at radius 1 is 1.38 bits per heavy atom. The monoisotopic (exact) mass is 312 g/mol. The van der Waals surface area contributed by atoms with E-state index in [1.165, 1.54) is 13.2 Å². The molecule has 21 heavy (non-hydrogen) atoms. The summed E-state index contributed by atoms with van der Waals surface area (Å²) in [5.41, 5.74) is 6.20. The van der Waals surface area contributed by atoms with Crippen molar-refractivity contribution in [1.82, 2.24) is 4.31 Å². The van der Waals surface area contributed by atoms with Crippen LogP contribution in [0.1, 0.15) is 33.1 Å². The van der Waals surface area contributed by atoms with Crippen molar-refractivity contribution in [3.8, 4) is 5.75 Å². The standard InChI is InChI=1S/C15H24N2O3S/c1-11(2)8-9-17(12-4-5-12)21(18,19)13-6-7-14(16)15(10-13)20-3/h6-7,10-12H,4-5,8-9,16H2,1-3H3. The summed E-state index contributed by atoms with van der Waals surface area (Å²) in [5, 5.41) is 0. The number of nitrogens with two attached hydrogens (primary N) is 1. The van der Waals surface area contributed by atoms with Crippen LogP contribution in [0.15, 0.2) is 23.1 Å². The summed E-state index contributed by atoms with van der Waals surface area (Å²) in [5.74, 6) is 0.873. The van der Waals surface area contributed by atoms with Gasteiger partial charge in [0.2, 0.25) is 10.0 Å². The molecular formula is C15H24N2O3S. The molecule has 0 bridgehead atoms. The average Bonchev–Trinajstić information content (AvgIpc) is 3.23. The van der Waals surface area contributed by atoms with E-state index >= 15 is 0 Å². The van der Waals surface area contributed by atoms with Crippen molar-refractivity contribution in [2.24, 2.45) is 5.92 Å². The van der Waals surface area contributed by atoms with Crippen LogP contribution in [0.3, 0.4) is 0 Å². The SMILES string of the molecule is COc1cc(S(=O)(=O)N(CCC(C)C)C2CC2)ccc1N. The van der Waals surface area contributed by atoms with E-state index in [1.54, 1.807) is 16.4 Å². The number of anilines is 1. The largest absolute Gasteiger partial charge is 0.495 e. The van der Waals surface area contributed by atoms with E-state index in [1.807, 2.05) is 0 Å². The Labute approximate surface area is 127 Å². The average molecular weight is 312 g/mol. The van der Waals surface area contributed by atoms with Gasteiger partial charge in [0, 0.05) is 18.7 Å². The minimum Gasteiger partial charge on any atom is -0.495 e. The molecule has 1 aliphatic carbocycles. The highest BCUT2D eigenvalue weighted by Crippen LogP contribution is 2.34. The molecular weight excluding hydrogens is 288 g/mol. The number of benzene rings is 1. The normalized spacial score (nSPS) is 15.7. The van der Waals surface area contributed by atoms with Gasteiger partial charge in [0.1, 0.15) is 5.75 Å². The van der Waals surface area contributed by atoms with Gasteiger partial charge in [0.25, 0.3) is 0 Å². The molecule has 2 rings (SSSR count). The molecule has 118 valence electrons. The van der Waals surface area contributed by atoms with Crippen LogP contribution in [0.2, 0.25) is 0 Å². The minimum absolute atomic E-state index is 0.150. The Morgan fingerprint density at radius 3 is 2.57 bits per heavy atom. The quantitative estimate of drug-likeness (QED) is 0.785. The highest BCUT2D eigenvalue weighted by Gasteiger charge is 2.38. The van der Waals surface area contributed by atoms with E-state index in [9.17, 15) is 8.42 Å². The number of rotatable bonds is 7. The minimum atomic E-state index is -3.49. The molecule has 0 heterocycles. The maximum absolute atomic E-state index is 12.8. The van der Waals surface area contributed by atoms with Crippen molar-refractivity contribution >= 4 is 15.7 Å². The zero-order chi connectivity index (χ0) is 15.6. The van der Waals surface area contributed by atoms with Crippen LogP contribution in [-0.4, -0.2) is 32.4 Å². The van der Waals surface area contributed by atoms with Gasteiger partial charge in [-0.2, -0.15) is 4.31 Å². The second-order valence-corrected chi connectivity index (χ2v) is 7.82. The molecule has 1 aliphatic rings. The van der Waals surface area contributed by atoms with Crippen LogP contribution in [0, 0.1) is 5.92 Å². The Hall–Kier alpha value is -1.27. The molecule has 6 heteroatoms. The van der Waals surface area contributed by atoms with Crippen molar-refractivity contribution in [3.63, 3.8) is 0 Å². The molecule has 5 nitrogen and oxygen atoms in total. The van der Waals surface area contributed by atoms with Gasteiger partial charge in [-0.1, -0.05) is 13.8 Å². The van der Waals surface area contributed by atoms with Crippen molar-refractivity contribution < 1.29 is 13.2 Å². The number of hydrogen-bond acceptors (Lipinski definition) is 4. The summed E-state index contributed by atoms with van der Waals surface area (Å²) in [6.07, 6.45) is 2.76. The van der Waals surface area contributed by atoms with Crippen molar-refractivity contribution in [2.45, 2.75) is 44.0 Å². The van der Waals surface area contributed by atoms with E-state index in [0.29, 0.717) is 23.9 Å². The van der Waals surface area contributed by atoms with Crippen molar-refractivity contribution in [2.75, 3.05) is 19.4 Å². The molecule has 0 atom stereocenters. The number of nitrogens with zero attached hydrogens (tertiary/aromatic N) is 1. The van der Waals surface area contributed by atoms with Crippen LogP contribution in [-0.2, 0) is 10.0 Å². The molecule has 0 saturated heterocycles. The predicted octanol–water partition coefficient (Wildman–Crippen LogP) is 2.48. The van der Waals surface area contributed by atoms with Crippen LogP contribution < -0.4 is 10.5 Å². The fourth-order valence-corrected chi connectivity index (χ4v) is 3.95. The van der Waals surface area contributed by atoms with Crippen LogP contribution in [0.25, 0.3) is 0 Å². The molecule has 1 saturated carbocycles. The number of hydrogen-bond donors (Lipinski definition) is 1. The lowest BCUT2D eigenvalue weighted by Crippen LogP contribution is -2.34. The first-order valence-electron chi connectivity index (χ1n) is 7.31. The van der Waals surface area contributed by atoms with Gasteiger partial charge in [0.05, 0.1) is 17.7 Å². The first kappa shape index (κ1) is 16.1. The number of sulfonamides is 1. The molecule has 1 fully saturated rings. The summed E-state index contributed by atoms with van der Waals surface area (Å²) in [6.45, 7) is 4.77. The fourth-order valence-electron chi connectivity index (χ4n) is 2.23. The highest BCUT2D eigenvalue weighted by molar-refractivity contribution is 7.89. The van der Waals surface area contributed by atoms with E-state index in [2.05, 4.69) is 13.8 Å². The zero-order valence-electron chi connectivity index (χ0n) is 12.9. The second kappa shape index (κ2) is 6.23. The van der Waals surface area contributed by atoms with Gasteiger partial charge in [0.15, 0.2) is 0 Å². The summed E-state index contributed by atoms with van der Waals surface area (Å²) in [4.78, 5) is 0.254. The highest BCUT2D eigenvalue weighted by atomic mass is 32.2. The van der Waals surface area contributed by atoms with Crippen LogP contribution >= 0.6 is 0 Å². The van der Waals surface area contributed by atoms with Crippen molar-refractivity contribution in [1.29, 1.82) is 0 Å². The number of nitrogen functional groups attached to an aromatic ring is 1. The molecule has 0 radical (unpaired) electrons. The Bertz CT molecular complexity index is 595. The predicted molar refractivity (Wildman–Crippen MR) is 83.8 cm³/mol. The van der Waals surface area contributed by atoms with Crippen LogP contribution in [0.5, 0.6) is 5.75 Å². The van der Waals surface area contributed by atoms with Gasteiger partial charge in [-0.05, 0) is 37.3 Å². The lowest BCUT2D eigenvalue weighted by Gasteiger charge is -2.23. The van der Waals surface area contributed by atoms with Crippen LogP contribution in [0.4, 0.5) is 5.69 Å². The maximum atomic E-state index is 12.8. The molecule has 0 unspecified atom stereocenters. The zero-order valence-corrected chi connectivity index (χ0v) is 13.7. The Kier molecular flexibility index (Phi) is 4.78. The van der Waals surface area contributed by atoms with Gasteiger partial charge >= 0.3 is 0 Å². The van der Waals surface area contributed by atoms with Gasteiger partial charge < -0.3 is 10.5 Å². The van der Waals surface area contributed by atoms with E-state index in [-0.39, 0.29) is 10.9 Å². The van der Waals surface area contributed by atoms with E-state index in [0.717, 1.165) is 19.3 Å². The molecule has 0 spiro atoms. The Balaban J connectivity index is 2.29. The fraction of sp³-hybridized carbons (Fsp3) is 0.600. The molecule has 1 aromatic carbocycles. The topological polar surface area (TPSA) is 72.6 Å². The lowest BCUT2D eigenvalue weighted by atomic mass is 10.1. The molecule has 0 amide bonds. The molecule has 0 aliphatic heterocycles. The first-order valence-corrected chi connectivity index (χ1v) is 8.75. The summed E-state index contributed by atoms with van der Waals surface area (Å²) >= 11 is 0. The summed E-state index contributed by atoms with van der Waals surface area (Å²) < 4.78 is 32.4. The first-order chi connectivity index (χ1) is 9.86. The number of ether oxygens (including phenoxy) is 1. The van der Waals surface area contributed by atoms with Gasteiger partial charge in [-0.25, -0.2) is 8.42 Å². The maximum Gasteiger partial charge on any atom is 0.243 e. The lowest BCUT2D eigenvalue weighted by molar-refractivity contribution is 0.372. The third-order valence-electron chi connectivity index (χ3n) is 3.69. The smallest absolute Gasteiger partial charge is 0.243 e. The Morgan fingerprint density at radius 2 is 2.05 bits per heavy atom. The van der Waals surface area contributed by atoms with Gasteiger partial charge in [-0.15, -0.1) is 0 Å². The molecule has 0 aromatic heterocycles. The van der Waals surface area contributed by atoms with E-state index in [4.69, 9.17) is 10.5 Å². The van der Waals surface area contributed by atoms with Gasteiger partial charge in [-0.3, -0.25) is 0 Å². The second-order valence-electron chi connectivity index (χ2n) is 5.93. The third-order valence-corrected chi connectivity index (χ3v) is 5.64. The van der Waals surface area contributed by atoms with E-state index < -0.39 is 10.0 Å². The summed E-state index contributed by atoms with van der Waals surface area (Å²) in [6, 6.07) is 4.80. The third kappa shape index (κ3) is 3.68. The molecule has 2 N–H and O–H groups in total. The van der Waals surface area contributed by atoms with Crippen molar-refractivity contribution in [3.05, 3.63) is 18.2 Å². The molecule has 1 aromatic rings. The number of methoxy groups -OCH3 is 1. The summed E-state index contributed by atoms with van der Waals surface area (Å²) in [7, 11) is -2.00.